The molecule has 0 amide bonds. The SMILES string of the molecule is CC1CCCCCC1NCC(O)CO. The Morgan fingerprint density at radius 1 is 1.29 bits per heavy atom. The van der Waals surface area contributed by atoms with Gasteiger partial charge >= 0.3 is 0 Å². The Labute approximate surface area is 86.5 Å². The fourth-order valence-electron chi connectivity index (χ4n) is 2.15. The van der Waals surface area contributed by atoms with Gasteiger partial charge in [0.25, 0.3) is 0 Å². The fourth-order valence-corrected chi connectivity index (χ4v) is 2.15. The van der Waals surface area contributed by atoms with Crippen LogP contribution in [-0.4, -0.2) is 35.5 Å². The molecule has 3 nitrogen and oxygen atoms in total. The summed E-state index contributed by atoms with van der Waals surface area (Å²) in [5.41, 5.74) is 0. The molecule has 84 valence electrons. The lowest BCUT2D eigenvalue weighted by molar-refractivity contribution is 0.0894. The minimum absolute atomic E-state index is 0.145. The molecule has 0 aromatic heterocycles. The van der Waals surface area contributed by atoms with Crippen molar-refractivity contribution in [2.24, 2.45) is 5.92 Å². The van der Waals surface area contributed by atoms with Crippen molar-refractivity contribution in [3.05, 3.63) is 0 Å². The Morgan fingerprint density at radius 2 is 2.00 bits per heavy atom. The number of hydrogen-bond acceptors (Lipinski definition) is 3. The van der Waals surface area contributed by atoms with Crippen LogP contribution >= 0.6 is 0 Å². The Bertz CT molecular complexity index is 152. The van der Waals surface area contributed by atoms with Crippen molar-refractivity contribution in [3.63, 3.8) is 0 Å². The van der Waals surface area contributed by atoms with Gasteiger partial charge in [0.1, 0.15) is 0 Å². The predicted molar refractivity (Wildman–Crippen MR) is 57.1 cm³/mol. The molecule has 0 saturated heterocycles. The minimum Gasteiger partial charge on any atom is -0.394 e. The lowest BCUT2D eigenvalue weighted by atomic mass is 9.97. The van der Waals surface area contributed by atoms with Crippen LogP contribution in [-0.2, 0) is 0 Å². The van der Waals surface area contributed by atoms with Crippen molar-refractivity contribution in [3.8, 4) is 0 Å². The molecule has 3 atom stereocenters. The summed E-state index contributed by atoms with van der Waals surface area (Å²) in [6.45, 7) is 2.65. The zero-order valence-corrected chi connectivity index (χ0v) is 9.08. The predicted octanol–water partition coefficient (Wildman–Crippen LogP) is 0.898. The second kappa shape index (κ2) is 6.38. The van der Waals surface area contributed by atoms with E-state index in [2.05, 4.69) is 12.2 Å². The molecule has 1 aliphatic rings. The van der Waals surface area contributed by atoms with Crippen LogP contribution < -0.4 is 5.32 Å². The highest BCUT2D eigenvalue weighted by Gasteiger charge is 2.19. The molecule has 0 spiro atoms. The van der Waals surface area contributed by atoms with Gasteiger partial charge in [-0.2, -0.15) is 0 Å². The van der Waals surface area contributed by atoms with Gasteiger partial charge in [-0.3, -0.25) is 0 Å². The van der Waals surface area contributed by atoms with Crippen LogP contribution in [0.3, 0.4) is 0 Å². The first kappa shape index (κ1) is 12.0. The van der Waals surface area contributed by atoms with E-state index >= 15 is 0 Å². The Kier molecular flexibility index (Phi) is 5.45. The highest BCUT2D eigenvalue weighted by atomic mass is 16.3. The second-order valence-electron chi connectivity index (χ2n) is 4.47. The standard InChI is InChI=1S/C11H23NO2/c1-9-5-3-2-4-6-11(9)12-7-10(14)8-13/h9-14H,2-8H2,1H3. The summed E-state index contributed by atoms with van der Waals surface area (Å²) < 4.78 is 0. The monoisotopic (exact) mass is 201 g/mol. The molecular formula is C11H23NO2. The van der Waals surface area contributed by atoms with Crippen LogP contribution in [0.4, 0.5) is 0 Å². The summed E-state index contributed by atoms with van der Waals surface area (Å²) in [7, 11) is 0. The maximum absolute atomic E-state index is 9.23. The molecule has 0 aliphatic heterocycles. The molecule has 0 aromatic carbocycles. The van der Waals surface area contributed by atoms with E-state index in [-0.39, 0.29) is 6.61 Å². The third-order valence-electron chi connectivity index (χ3n) is 3.19. The van der Waals surface area contributed by atoms with E-state index in [1.54, 1.807) is 0 Å². The maximum Gasteiger partial charge on any atom is 0.0895 e. The first-order valence-electron chi connectivity index (χ1n) is 5.76. The maximum atomic E-state index is 9.23. The van der Waals surface area contributed by atoms with Crippen molar-refractivity contribution in [1.29, 1.82) is 0 Å². The van der Waals surface area contributed by atoms with E-state index in [4.69, 9.17) is 5.11 Å². The molecule has 1 aliphatic carbocycles. The fraction of sp³-hybridized carbons (Fsp3) is 1.00. The summed E-state index contributed by atoms with van der Waals surface area (Å²) in [5, 5.41) is 21.3. The van der Waals surface area contributed by atoms with Crippen LogP contribution in [0.15, 0.2) is 0 Å². The van der Waals surface area contributed by atoms with Crippen molar-refractivity contribution < 1.29 is 10.2 Å². The van der Waals surface area contributed by atoms with Gasteiger partial charge in [-0.15, -0.1) is 0 Å². The van der Waals surface area contributed by atoms with E-state index in [0.717, 1.165) is 0 Å². The van der Waals surface area contributed by atoms with Gasteiger partial charge in [0.05, 0.1) is 12.7 Å². The Balaban J connectivity index is 2.26. The normalized spacial score (nSPS) is 31.1. The zero-order chi connectivity index (χ0) is 10.4. The molecule has 3 N–H and O–H groups in total. The minimum atomic E-state index is -0.606. The smallest absolute Gasteiger partial charge is 0.0895 e. The first-order chi connectivity index (χ1) is 6.74. The van der Waals surface area contributed by atoms with Crippen molar-refractivity contribution in [2.75, 3.05) is 13.2 Å². The quantitative estimate of drug-likeness (QED) is 0.592. The van der Waals surface area contributed by atoms with Crippen molar-refractivity contribution in [1.82, 2.24) is 5.32 Å². The summed E-state index contributed by atoms with van der Waals surface area (Å²) in [4.78, 5) is 0. The van der Waals surface area contributed by atoms with Gasteiger partial charge in [0.15, 0.2) is 0 Å². The van der Waals surface area contributed by atoms with Crippen LogP contribution in [0.5, 0.6) is 0 Å². The third-order valence-corrected chi connectivity index (χ3v) is 3.19. The van der Waals surface area contributed by atoms with Gasteiger partial charge in [-0.1, -0.05) is 26.2 Å². The van der Waals surface area contributed by atoms with E-state index in [1.165, 1.54) is 32.1 Å². The van der Waals surface area contributed by atoms with Gasteiger partial charge in [0, 0.05) is 12.6 Å². The molecule has 1 saturated carbocycles. The van der Waals surface area contributed by atoms with Crippen molar-refractivity contribution >= 4 is 0 Å². The molecule has 1 fully saturated rings. The topological polar surface area (TPSA) is 52.5 Å². The van der Waals surface area contributed by atoms with E-state index in [9.17, 15) is 5.11 Å². The number of aliphatic hydroxyl groups is 2. The van der Waals surface area contributed by atoms with E-state index in [1.807, 2.05) is 0 Å². The molecule has 0 aromatic rings. The van der Waals surface area contributed by atoms with E-state index < -0.39 is 6.10 Å². The number of hydrogen-bond donors (Lipinski definition) is 3. The number of aliphatic hydroxyl groups excluding tert-OH is 2. The summed E-state index contributed by atoms with van der Waals surface area (Å²) in [6.07, 6.45) is 5.85. The van der Waals surface area contributed by atoms with Crippen LogP contribution in [0, 0.1) is 5.92 Å². The van der Waals surface area contributed by atoms with Crippen LogP contribution in [0.25, 0.3) is 0 Å². The van der Waals surface area contributed by atoms with Crippen molar-refractivity contribution in [2.45, 2.75) is 51.2 Å². The second-order valence-corrected chi connectivity index (χ2v) is 4.47. The lowest BCUT2D eigenvalue weighted by Crippen LogP contribution is -2.40. The molecule has 0 radical (unpaired) electrons. The largest absolute Gasteiger partial charge is 0.394 e. The molecule has 14 heavy (non-hydrogen) atoms. The lowest BCUT2D eigenvalue weighted by Gasteiger charge is -2.23. The van der Waals surface area contributed by atoms with Crippen LogP contribution in [0.1, 0.15) is 39.0 Å². The summed E-state index contributed by atoms with van der Waals surface area (Å²) in [6, 6.07) is 0.527. The van der Waals surface area contributed by atoms with Gasteiger partial charge in [-0.05, 0) is 18.8 Å². The molecule has 3 unspecified atom stereocenters. The Hall–Kier alpha value is -0.120. The molecule has 1 rings (SSSR count). The highest BCUT2D eigenvalue weighted by molar-refractivity contribution is 4.77. The Morgan fingerprint density at radius 3 is 2.71 bits per heavy atom. The highest BCUT2D eigenvalue weighted by Crippen LogP contribution is 2.22. The molecule has 0 heterocycles. The first-order valence-corrected chi connectivity index (χ1v) is 5.76. The average Bonchev–Trinajstić information content (AvgIpc) is 2.39. The van der Waals surface area contributed by atoms with Gasteiger partial charge in [0.2, 0.25) is 0 Å². The van der Waals surface area contributed by atoms with E-state index in [0.29, 0.717) is 18.5 Å². The molecule has 3 heteroatoms. The molecular weight excluding hydrogens is 178 g/mol. The van der Waals surface area contributed by atoms with Gasteiger partial charge < -0.3 is 15.5 Å². The molecule has 0 bridgehead atoms. The summed E-state index contributed by atoms with van der Waals surface area (Å²) in [5.74, 6) is 0.698. The third kappa shape index (κ3) is 3.95. The van der Waals surface area contributed by atoms with Crippen LogP contribution in [0.2, 0.25) is 0 Å². The number of rotatable bonds is 4. The summed E-state index contributed by atoms with van der Waals surface area (Å²) >= 11 is 0. The zero-order valence-electron chi connectivity index (χ0n) is 9.08. The van der Waals surface area contributed by atoms with Gasteiger partial charge in [-0.25, -0.2) is 0 Å². The number of nitrogens with one attached hydrogen (secondary N) is 1. The average molecular weight is 201 g/mol.